The van der Waals surface area contributed by atoms with Crippen molar-refractivity contribution in [2.24, 2.45) is 5.92 Å². The Hall–Kier alpha value is -6.03. The van der Waals surface area contributed by atoms with Gasteiger partial charge in [-0.05, 0) is 185 Å². The van der Waals surface area contributed by atoms with Gasteiger partial charge in [-0.1, -0.05) is 141 Å². The molecule has 0 radical (unpaired) electrons. The van der Waals surface area contributed by atoms with E-state index >= 15 is 0 Å². The SMILES string of the molecule is CN(C)c1ccc(C(CNC(=O)Nc2cc(Cl)cc(Cl)c2)N2CCN(C3CCCCC3)CC2)cc1.COc1ccc(CCNCC(c2ccc(C(F)(F)F)cc2)N2CCN(C3CCCCC3)CC2)cc1.Cc1cc(C)cc(NC(=O)NC(C)C(CC(C)C)N2CCN(c3ccc(Cl)c(Cl)c3)CC2)c1. The van der Waals surface area contributed by atoms with Crippen LogP contribution in [0.3, 0.4) is 0 Å². The first-order valence-corrected chi connectivity index (χ1v) is 38.8. The standard InChI is InChI=1S/C28H38F3N3O.C27H37Cl2N5O.C26H36Cl2N4O/c1-35-26-13-7-22(8-14-26)15-16-32-21-27(23-9-11-24(12-10-23)28(29,30)31)34-19-17-33(18-20-34)25-5-3-2-4-6-25;1-32(2)24-10-8-20(9-11-24)26(19-30-27(35)31-23-17-21(28)16-22(29)18-23)34-14-12-33(13-15-34)25-6-4-3-5-7-25;1-17(2)12-25(20(5)29-26(33)30-21-14-18(3)13-19(4)15-21)32-10-8-31(9-11-32)22-6-7-23(27)24(28)16-22/h7-14,25,27,32H,2-6,15-21H2,1H3;8-11,16-18,25-26H,3-7,12-15,19H2,1-2H3,(H2,30,31,35);6-7,13-17,20,25H,8-12H2,1-5H3,(H2,29,30,33). The van der Waals surface area contributed by atoms with E-state index < -0.39 is 11.7 Å². The summed E-state index contributed by atoms with van der Waals surface area (Å²) in [5.74, 6) is 1.38. The number of halogens is 7. The molecule has 3 aliphatic heterocycles. The van der Waals surface area contributed by atoms with Gasteiger partial charge >= 0.3 is 18.2 Å². The Morgan fingerprint density at radius 1 is 0.563 bits per heavy atom. The van der Waals surface area contributed by atoms with Crippen molar-refractivity contribution in [1.82, 2.24) is 40.4 Å². The Morgan fingerprint density at radius 2 is 1.07 bits per heavy atom. The van der Waals surface area contributed by atoms with Gasteiger partial charge in [0.1, 0.15) is 5.75 Å². The summed E-state index contributed by atoms with van der Waals surface area (Å²) in [4.78, 5) is 42.7. The molecule has 103 heavy (non-hydrogen) atoms. The Labute approximate surface area is 631 Å². The monoisotopic (exact) mass is 1500 g/mol. The first kappa shape index (κ1) is 81.1. The largest absolute Gasteiger partial charge is 0.497 e. The number of rotatable bonds is 23. The number of methoxy groups -OCH3 is 1. The average molecular weight is 1500 g/mol. The highest BCUT2D eigenvalue weighted by Gasteiger charge is 2.35. The molecule has 6 aromatic rings. The van der Waals surface area contributed by atoms with Gasteiger partial charge in [0.15, 0.2) is 0 Å². The van der Waals surface area contributed by atoms with Crippen LogP contribution < -0.4 is 41.1 Å². The van der Waals surface area contributed by atoms with Gasteiger partial charge in [-0.3, -0.25) is 24.5 Å². The average Bonchev–Trinajstić information content (AvgIpc) is 0.823. The quantitative estimate of drug-likeness (QED) is 0.0394. The predicted molar refractivity (Wildman–Crippen MR) is 422 cm³/mol. The summed E-state index contributed by atoms with van der Waals surface area (Å²) < 4.78 is 44.6. The van der Waals surface area contributed by atoms with Gasteiger partial charge in [0.05, 0.1) is 28.8 Å². The van der Waals surface area contributed by atoms with E-state index in [-0.39, 0.29) is 36.2 Å². The highest BCUT2D eigenvalue weighted by molar-refractivity contribution is 6.42. The second-order valence-corrected chi connectivity index (χ2v) is 30.9. The van der Waals surface area contributed by atoms with E-state index in [1.807, 2.05) is 70.4 Å². The molecule has 4 amide bonds. The lowest BCUT2D eigenvalue weighted by atomic mass is 9.93. The smallest absolute Gasteiger partial charge is 0.416 e. The normalized spacial score (nSPS) is 18.3. The summed E-state index contributed by atoms with van der Waals surface area (Å²) >= 11 is 24.4. The lowest BCUT2D eigenvalue weighted by molar-refractivity contribution is -0.137. The number of anilines is 4. The van der Waals surface area contributed by atoms with Crippen LogP contribution in [0.4, 0.5) is 45.5 Å². The van der Waals surface area contributed by atoms with Gasteiger partial charge in [-0.15, -0.1) is 0 Å². The summed E-state index contributed by atoms with van der Waals surface area (Å²) in [7, 11) is 5.75. The number of hydrogen-bond donors (Lipinski definition) is 5. The molecule has 22 heteroatoms. The zero-order valence-electron chi connectivity index (χ0n) is 61.8. The van der Waals surface area contributed by atoms with E-state index in [2.05, 4.69) is 124 Å². The molecule has 4 unspecified atom stereocenters. The minimum Gasteiger partial charge on any atom is -0.497 e. The summed E-state index contributed by atoms with van der Waals surface area (Å²) in [6, 6.07) is 40.9. The fraction of sp³-hybridized carbons (Fsp3) is 0.531. The van der Waals surface area contributed by atoms with Gasteiger partial charge < -0.3 is 41.1 Å². The third-order valence-corrected chi connectivity index (χ3v) is 22.2. The molecule has 2 aliphatic carbocycles. The molecule has 5 N–H and O–H groups in total. The van der Waals surface area contributed by atoms with E-state index in [1.54, 1.807) is 37.4 Å². The predicted octanol–water partition coefficient (Wildman–Crippen LogP) is 17.8. The summed E-state index contributed by atoms with van der Waals surface area (Å²) in [5, 5.41) is 17.8. The molecule has 2 saturated carbocycles. The van der Waals surface area contributed by atoms with Crippen LogP contribution >= 0.6 is 46.4 Å². The van der Waals surface area contributed by atoms with Gasteiger partial charge in [-0.25, -0.2) is 9.59 Å². The number of ether oxygens (including phenoxy) is 1. The number of alkyl halides is 3. The fourth-order valence-electron chi connectivity index (χ4n) is 15.4. The van der Waals surface area contributed by atoms with Crippen LogP contribution in [0.5, 0.6) is 5.75 Å². The molecule has 4 atom stereocenters. The van der Waals surface area contributed by atoms with Crippen LogP contribution in [0, 0.1) is 19.8 Å². The summed E-state index contributed by atoms with van der Waals surface area (Å²) in [5.41, 5.74) is 8.74. The molecule has 3 heterocycles. The highest BCUT2D eigenvalue weighted by atomic mass is 35.5. The van der Waals surface area contributed by atoms with Crippen molar-refractivity contribution in [1.29, 1.82) is 0 Å². The fourth-order valence-corrected chi connectivity index (χ4v) is 16.3. The second-order valence-electron chi connectivity index (χ2n) is 29.2. The topological polar surface area (TPSA) is 126 Å². The number of amides is 4. The number of carbonyl (C=O) groups is 2. The van der Waals surface area contributed by atoms with Crippen molar-refractivity contribution < 1.29 is 27.5 Å². The molecular weight excluding hydrogens is 1390 g/mol. The Kier molecular flexibility index (Phi) is 31.5. The molecule has 15 nitrogen and oxygen atoms in total. The van der Waals surface area contributed by atoms with Crippen LogP contribution in [0.2, 0.25) is 20.1 Å². The molecule has 3 saturated heterocycles. The van der Waals surface area contributed by atoms with Crippen LogP contribution in [-0.4, -0.2) is 180 Å². The molecule has 0 spiro atoms. The van der Waals surface area contributed by atoms with Crippen molar-refractivity contribution in [3.8, 4) is 5.75 Å². The van der Waals surface area contributed by atoms with Crippen molar-refractivity contribution in [3.63, 3.8) is 0 Å². The van der Waals surface area contributed by atoms with Crippen molar-refractivity contribution >= 4 is 81.2 Å². The molecule has 6 aromatic carbocycles. The zero-order valence-corrected chi connectivity index (χ0v) is 64.8. The minimum absolute atomic E-state index is 0.0230. The number of carbonyl (C=O) groups excluding carboxylic acids is 2. The third-order valence-electron chi connectivity index (χ3n) is 21.0. The van der Waals surface area contributed by atoms with E-state index in [4.69, 9.17) is 51.1 Å². The molecule has 562 valence electrons. The van der Waals surface area contributed by atoms with Gasteiger partial charge in [0.2, 0.25) is 0 Å². The molecule has 0 aromatic heterocycles. The maximum absolute atomic E-state index is 13.1. The highest BCUT2D eigenvalue weighted by Crippen LogP contribution is 2.35. The molecule has 5 fully saturated rings. The Bertz CT molecular complexity index is 3520. The molecule has 0 bridgehead atoms. The van der Waals surface area contributed by atoms with Crippen LogP contribution in [0.15, 0.2) is 127 Å². The lowest BCUT2D eigenvalue weighted by Crippen LogP contribution is -2.57. The van der Waals surface area contributed by atoms with Gasteiger partial charge in [-0.2, -0.15) is 13.2 Å². The molecular formula is C81H111Cl4F3N12O3. The van der Waals surface area contributed by atoms with Gasteiger partial charge in [0.25, 0.3) is 0 Å². The third kappa shape index (κ3) is 25.3. The maximum atomic E-state index is 13.1. The Balaban J connectivity index is 0.000000180. The molecule has 11 rings (SSSR count). The summed E-state index contributed by atoms with van der Waals surface area (Å²) in [6.07, 6.45) is 11.0. The van der Waals surface area contributed by atoms with Crippen LogP contribution in [-0.2, 0) is 12.6 Å². The van der Waals surface area contributed by atoms with E-state index in [0.29, 0.717) is 50.8 Å². The second kappa shape index (κ2) is 40.1. The number of nitrogens with zero attached hydrogens (tertiary/aromatic N) is 7. The van der Waals surface area contributed by atoms with E-state index in [1.165, 1.54) is 87.5 Å². The number of hydrogen-bond acceptors (Lipinski definition) is 11. The Morgan fingerprint density at radius 3 is 1.57 bits per heavy atom. The minimum atomic E-state index is -4.31. The van der Waals surface area contributed by atoms with Gasteiger partial charge in [0, 0.05) is 169 Å². The van der Waals surface area contributed by atoms with E-state index in [0.717, 1.165) is 143 Å². The number of aryl methyl sites for hydroxylation is 2. The van der Waals surface area contributed by atoms with Crippen LogP contribution in [0.25, 0.3) is 0 Å². The zero-order chi connectivity index (χ0) is 73.6. The number of benzene rings is 6. The number of nitrogens with one attached hydrogen (secondary N) is 5. The maximum Gasteiger partial charge on any atom is 0.416 e. The number of urea groups is 2. The number of piperazine rings is 3. The summed E-state index contributed by atoms with van der Waals surface area (Å²) in [6.45, 7) is 24.5. The van der Waals surface area contributed by atoms with Crippen molar-refractivity contribution in [2.75, 3.05) is 140 Å². The van der Waals surface area contributed by atoms with Crippen LogP contribution in [0.1, 0.15) is 137 Å². The first-order chi connectivity index (χ1) is 49.4. The molecule has 5 aliphatic rings. The first-order valence-electron chi connectivity index (χ1n) is 37.3. The lowest BCUT2D eigenvalue weighted by Gasteiger charge is -2.43. The van der Waals surface area contributed by atoms with Crippen molar-refractivity contribution in [3.05, 3.63) is 181 Å². The van der Waals surface area contributed by atoms with E-state index in [9.17, 15) is 22.8 Å². The van der Waals surface area contributed by atoms with Crippen molar-refractivity contribution in [2.45, 2.75) is 154 Å².